The van der Waals surface area contributed by atoms with Gasteiger partial charge in [-0.3, -0.25) is 4.79 Å². The molecule has 0 saturated heterocycles. The molecular weight excluding hydrogens is 231 g/mol. The smallest absolute Gasteiger partial charge is 0.328 e. The molecule has 1 amide bonds. The van der Waals surface area contributed by atoms with Crippen molar-refractivity contribution in [2.45, 2.75) is 6.04 Å². The lowest BCUT2D eigenvalue weighted by Crippen LogP contribution is -2.43. The van der Waals surface area contributed by atoms with Crippen LogP contribution in [-0.2, 0) is 4.79 Å². The molecule has 1 atom stereocenters. The largest absolute Gasteiger partial charge is 0.480 e. The predicted molar refractivity (Wildman–Crippen MR) is 56.8 cm³/mol. The van der Waals surface area contributed by atoms with E-state index in [0.717, 1.165) is 6.07 Å². The van der Waals surface area contributed by atoms with Crippen LogP contribution in [0.1, 0.15) is 10.4 Å². The highest BCUT2D eigenvalue weighted by atomic mass is 19.1. The lowest BCUT2D eigenvalue weighted by molar-refractivity contribution is -0.140. The molecule has 0 bridgehead atoms. The summed E-state index contributed by atoms with van der Waals surface area (Å²) < 4.78 is 13.0. The summed E-state index contributed by atoms with van der Waals surface area (Å²) in [6.45, 7) is -0.751. The summed E-state index contributed by atoms with van der Waals surface area (Å²) in [5.74, 6) is -2.95. The zero-order chi connectivity index (χ0) is 13.0. The molecule has 1 aromatic carbocycles. The van der Waals surface area contributed by atoms with Gasteiger partial charge in [-0.25, -0.2) is 9.18 Å². The van der Waals surface area contributed by atoms with Gasteiger partial charge in [0.15, 0.2) is 6.04 Å². The number of benzene rings is 1. The molecule has 0 aliphatic heterocycles. The van der Waals surface area contributed by atoms with Gasteiger partial charge in [0, 0.05) is 5.56 Å². The van der Waals surface area contributed by atoms with Crippen LogP contribution in [0.5, 0.6) is 0 Å². The number of nitrogens with one attached hydrogen (secondary N) is 1. The van der Waals surface area contributed by atoms with Crippen LogP contribution in [0.3, 0.4) is 0 Å². The number of carbonyl (C=O) groups is 2. The zero-order valence-corrected chi connectivity index (χ0v) is 8.68. The molecule has 0 fully saturated rings. The van der Waals surface area contributed by atoms with Crippen LogP contribution in [0.2, 0.25) is 0 Å². The van der Waals surface area contributed by atoms with E-state index in [4.69, 9.17) is 15.9 Å². The highest BCUT2D eigenvalue weighted by molar-refractivity contribution is 5.96. The van der Waals surface area contributed by atoms with Crippen LogP contribution >= 0.6 is 0 Å². The summed E-state index contributed by atoms with van der Waals surface area (Å²) in [5, 5.41) is 19.3. The molecular formula is C10H11FN2O4. The summed E-state index contributed by atoms with van der Waals surface area (Å²) in [4.78, 5) is 22.0. The first-order valence-corrected chi connectivity index (χ1v) is 4.65. The number of carbonyl (C=O) groups excluding carboxylic acids is 1. The third-order valence-electron chi connectivity index (χ3n) is 2.05. The SMILES string of the molecule is Nc1ccc(C(=O)N[C@@H](CO)C(=O)O)cc1F. The second-order valence-electron chi connectivity index (χ2n) is 3.28. The minimum atomic E-state index is -1.43. The van der Waals surface area contributed by atoms with Gasteiger partial charge in [0.25, 0.3) is 5.91 Å². The van der Waals surface area contributed by atoms with E-state index in [0.29, 0.717) is 0 Å². The van der Waals surface area contributed by atoms with E-state index in [1.165, 1.54) is 12.1 Å². The molecule has 17 heavy (non-hydrogen) atoms. The first-order chi connectivity index (χ1) is 7.95. The van der Waals surface area contributed by atoms with Crippen molar-refractivity contribution in [3.05, 3.63) is 29.6 Å². The van der Waals surface area contributed by atoms with Crippen molar-refractivity contribution in [1.29, 1.82) is 0 Å². The van der Waals surface area contributed by atoms with Gasteiger partial charge in [-0.05, 0) is 18.2 Å². The Kier molecular flexibility index (Phi) is 4.00. The van der Waals surface area contributed by atoms with E-state index >= 15 is 0 Å². The van der Waals surface area contributed by atoms with Crippen molar-refractivity contribution in [2.24, 2.45) is 0 Å². The lowest BCUT2D eigenvalue weighted by Gasteiger charge is -2.11. The molecule has 0 heterocycles. The Bertz CT molecular complexity index is 450. The van der Waals surface area contributed by atoms with Crippen molar-refractivity contribution in [3.63, 3.8) is 0 Å². The van der Waals surface area contributed by atoms with E-state index in [9.17, 15) is 14.0 Å². The van der Waals surface area contributed by atoms with E-state index in [-0.39, 0.29) is 11.3 Å². The molecule has 0 saturated carbocycles. The molecule has 0 spiro atoms. The number of hydrogen-bond donors (Lipinski definition) is 4. The van der Waals surface area contributed by atoms with Crippen LogP contribution in [0.25, 0.3) is 0 Å². The number of rotatable bonds is 4. The number of hydrogen-bond acceptors (Lipinski definition) is 4. The fraction of sp³-hybridized carbons (Fsp3) is 0.200. The average Bonchev–Trinajstić information content (AvgIpc) is 2.28. The number of carboxylic acids is 1. The second-order valence-corrected chi connectivity index (χ2v) is 3.28. The van der Waals surface area contributed by atoms with E-state index in [1.54, 1.807) is 0 Å². The topological polar surface area (TPSA) is 113 Å². The van der Waals surface area contributed by atoms with Crippen LogP contribution < -0.4 is 11.1 Å². The third-order valence-corrected chi connectivity index (χ3v) is 2.05. The van der Waals surface area contributed by atoms with Gasteiger partial charge in [0.05, 0.1) is 12.3 Å². The Balaban J connectivity index is 2.82. The summed E-state index contributed by atoms with van der Waals surface area (Å²) in [7, 11) is 0. The van der Waals surface area contributed by atoms with Gasteiger partial charge in [0.1, 0.15) is 5.82 Å². The Hall–Kier alpha value is -2.15. The van der Waals surface area contributed by atoms with Gasteiger partial charge < -0.3 is 21.3 Å². The first kappa shape index (κ1) is 12.9. The van der Waals surface area contributed by atoms with E-state index < -0.39 is 30.3 Å². The Morgan fingerprint density at radius 3 is 2.59 bits per heavy atom. The second kappa shape index (κ2) is 5.26. The molecule has 6 nitrogen and oxygen atoms in total. The zero-order valence-electron chi connectivity index (χ0n) is 8.68. The maximum atomic E-state index is 13.0. The average molecular weight is 242 g/mol. The summed E-state index contributed by atoms with van der Waals surface area (Å²) in [6, 6.07) is 1.91. The fourth-order valence-corrected chi connectivity index (χ4v) is 1.10. The number of nitrogen functional groups attached to an aromatic ring is 1. The number of nitrogens with two attached hydrogens (primary N) is 1. The Morgan fingerprint density at radius 2 is 2.12 bits per heavy atom. The molecule has 1 rings (SSSR count). The van der Waals surface area contributed by atoms with Crippen molar-refractivity contribution < 1.29 is 24.2 Å². The first-order valence-electron chi connectivity index (χ1n) is 4.65. The summed E-state index contributed by atoms with van der Waals surface area (Å²) in [5.41, 5.74) is 5.04. The number of aliphatic hydroxyl groups excluding tert-OH is 1. The van der Waals surface area contributed by atoms with Gasteiger partial charge in [-0.15, -0.1) is 0 Å². The number of carboxylic acid groups (broad SMARTS) is 1. The minimum Gasteiger partial charge on any atom is -0.480 e. The standard InChI is InChI=1S/C10H11FN2O4/c11-6-3-5(1-2-7(6)12)9(15)13-8(4-14)10(16)17/h1-3,8,14H,4,12H2,(H,13,15)(H,16,17)/t8-/m0/s1. The lowest BCUT2D eigenvalue weighted by atomic mass is 10.1. The summed E-state index contributed by atoms with van der Waals surface area (Å²) in [6.07, 6.45) is 0. The van der Waals surface area contributed by atoms with Gasteiger partial charge in [-0.2, -0.15) is 0 Å². The van der Waals surface area contributed by atoms with Gasteiger partial charge in [0.2, 0.25) is 0 Å². The van der Waals surface area contributed by atoms with Gasteiger partial charge >= 0.3 is 5.97 Å². The number of aliphatic hydroxyl groups is 1. The van der Waals surface area contributed by atoms with Crippen molar-refractivity contribution >= 4 is 17.6 Å². The highest BCUT2D eigenvalue weighted by Gasteiger charge is 2.19. The quantitative estimate of drug-likeness (QED) is 0.536. The third kappa shape index (κ3) is 3.15. The number of aliphatic carboxylic acids is 1. The predicted octanol–water partition coefficient (Wildman–Crippen LogP) is -0.417. The molecule has 0 aliphatic rings. The molecule has 0 aromatic heterocycles. The minimum absolute atomic E-state index is 0.0728. The Morgan fingerprint density at radius 1 is 1.47 bits per heavy atom. The fourth-order valence-electron chi connectivity index (χ4n) is 1.10. The van der Waals surface area contributed by atoms with Crippen LogP contribution in [0.15, 0.2) is 18.2 Å². The van der Waals surface area contributed by atoms with Crippen molar-refractivity contribution in [3.8, 4) is 0 Å². The molecule has 92 valence electrons. The number of halogens is 1. The van der Waals surface area contributed by atoms with Crippen molar-refractivity contribution in [1.82, 2.24) is 5.32 Å². The van der Waals surface area contributed by atoms with Gasteiger partial charge in [-0.1, -0.05) is 0 Å². The molecule has 1 aromatic rings. The van der Waals surface area contributed by atoms with Crippen LogP contribution in [0.4, 0.5) is 10.1 Å². The highest BCUT2D eigenvalue weighted by Crippen LogP contribution is 2.11. The number of amides is 1. The maximum Gasteiger partial charge on any atom is 0.328 e. The normalized spacial score (nSPS) is 11.9. The Labute approximate surface area is 95.9 Å². The van der Waals surface area contributed by atoms with E-state index in [2.05, 4.69) is 0 Å². The van der Waals surface area contributed by atoms with Crippen molar-refractivity contribution in [2.75, 3.05) is 12.3 Å². The van der Waals surface area contributed by atoms with E-state index in [1.807, 2.05) is 5.32 Å². The molecule has 7 heteroatoms. The maximum absolute atomic E-state index is 13.0. The van der Waals surface area contributed by atoms with Crippen LogP contribution in [0, 0.1) is 5.82 Å². The monoisotopic (exact) mass is 242 g/mol. The molecule has 0 radical (unpaired) electrons. The summed E-state index contributed by atoms with van der Waals surface area (Å²) >= 11 is 0. The molecule has 5 N–H and O–H groups in total. The van der Waals surface area contributed by atoms with Crippen LogP contribution in [-0.4, -0.2) is 34.7 Å². The molecule has 0 unspecified atom stereocenters. The molecule has 0 aliphatic carbocycles. The number of anilines is 1.